The van der Waals surface area contributed by atoms with Crippen LogP contribution in [0.15, 0.2) is 0 Å². The number of hydrogen-bond donors (Lipinski definition) is 1. The number of nitrogens with two attached hydrogens (primary N) is 1. The van der Waals surface area contributed by atoms with Gasteiger partial charge in [0, 0.05) is 13.1 Å². The Labute approximate surface area is 100 Å². The summed E-state index contributed by atoms with van der Waals surface area (Å²) < 4.78 is 0. The first-order chi connectivity index (χ1) is 7.42. The lowest BCUT2D eigenvalue weighted by molar-refractivity contribution is -0.133. The van der Waals surface area contributed by atoms with Crippen LogP contribution >= 0.6 is 0 Å². The second-order valence-electron chi connectivity index (χ2n) is 5.13. The first-order valence-corrected chi connectivity index (χ1v) is 6.46. The Balaban J connectivity index is 4.29. The lowest BCUT2D eigenvalue weighted by atomic mass is 10.0. The highest BCUT2D eigenvalue weighted by Gasteiger charge is 2.21. The number of amides is 1. The Morgan fingerprint density at radius 1 is 1.25 bits per heavy atom. The molecule has 96 valence electrons. The number of rotatable bonds is 7. The molecule has 0 saturated carbocycles. The van der Waals surface area contributed by atoms with Gasteiger partial charge in [-0.05, 0) is 25.2 Å². The molecule has 0 aromatic carbocycles. The van der Waals surface area contributed by atoms with E-state index in [-0.39, 0.29) is 11.9 Å². The molecule has 0 fully saturated rings. The Morgan fingerprint density at radius 2 is 1.81 bits per heavy atom. The fraction of sp³-hybridized carbons (Fsp3) is 0.923. The molecular weight excluding hydrogens is 200 g/mol. The minimum absolute atomic E-state index is 0.108. The fourth-order valence-corrected chi connectivity index (χ4v) is 1.72. The summed E-state index contributed by atoms with van der Waals surface area (Å²) in [6.45, 7) is 12.1. The molecule has 0 spiro atoms. The highest BCUT2D eigenvalue weighted by Crippen LogP contribution is 2.09. The average Bonchev–Trinajstić information content (AvgIpc) is 2.23. The van der Waals surface area contributed by atoms with Crippen molar-refractivity contribution in [1.29, 1.82) is 0 Å². The van der Waals surface area contributed by atoms with Crippen molar-refractivity contribution in [3.05, 3.63) is 0 Å². The van der Waals surface area contributed by atoms with Crippen molar-refractivity contribution in [2.75, 3.05) is 13.1 Å². The zero-order chi connectivity index (χ0) is 12.7. The van der Waals surface area contributed by atoms with Gasteiger partial charge in [0.2, 0.25) is 5.91 Å². The third kappa shape index (κ3) is 5.50. The van der Waals surface area contributed by atoms with Crippen LogP contribution in [-0.2, 0) is 4.79 Å². The van der Waals surface area contributed by atoms with Crippen molar-refractivity contribution in [3.63, 3.8) is 0 Å². The predicted octanol–water partition coefficient (Wildman–Crippen LogP) is 2.25. The molecule has 2 atom stereocenters. The summed E-state index contributed by atoms with van der Waals surface area (Å²) in [6.07, 6.45) is 1.87. The zero-order valence-electron chi connectivity index (χ0n) is 11.5. The molecule has 0 aliphatic heterocycles. The van der Waals surface area contributed by atoms with E-state index < -0.39 is 0 Å². The van der Waals surface area contributed by atoms with Crippen LogP contribution in [0.1, 0.15) is 47.5 Å². The molecule has 3 heteroatoms. The highest BCUT2D eigenvalue weighted by molar-refractivity contribution is 5.81. The number of carbonyl (C=O) groups excluding carboxylic acids is 1. The second-order valence-corrected chi connectivity index (χ2v) is 5.13. The molecule has 0 aromatic rings. The Kier molecular flexibility index (Phi) is 7.39. The van der Waals surface area contributed by atoms with Gasteiger partial charge in [0.15, 0.2) is 0 Å². The van der Waals surface area contributed by atoms with Gasteiger partial charge in [0.05, 0.1) is 6.04 Å². The molecule has 0 saturated heterocycles. The molecule has 2 N–H and O–H groups in total. The molecule has 0 aliphatic carbocycles. The van der Waals surface area contributed by atoms with E-state index in [1.165, 1.54) is 0 Å². The SMILES string of the molecule is CCC(C)CN(CC)C(=O)[C@@H](N)CC(C)C. The summed E-state index contributed by atoms with van der Waals surface area (Å²) in [4.78, 5) is 14.0. The van der Waals surface area contributed by atoms with Gasteiger partial charge in [-0.1, -0.05) is 34.1 Å². The summed E-state index contributed by atoms with van der Waals surface area (Å²) in [5.74, 6) is 1.13. The Morgan fingerprint density at radius 3 is 2.19 bits per heavy atom. The first-order valence-electron chi connectivity index (χ1n) is 6.46. The van der Waals surface area contributed by atoms with Crippen LogP contribution in [0.3, 0.4) is 0 Å². The van der Waals surface area contributed by atoms with E-state index in [1.54, 1.807) is 0 Å². The van der Waals surface area contributed by atoms with E-state index >= 15 is 0 Å². The van der Waals surface area contributed by atoms with Crippen LogP contribution in [0.4, 0.5) is 0 Å². The average molecular weight is 228 g/mol. The summed E-state index contributed by atoms with van der Waals surface area (Å²) in [5.41, 5.74) is 5.92. The van der Waals surface area contributed by atoms with Crippen molar-refractivity contribution in [2.45, 2.75) is 53.5 Å². The number of nitrogens with zero attached hydrogens (tertiary/aromatic N) is 1. The van der Waals surface area contributed by atoms with Crippen molar-refractivity contribution >= 4 is 5.91 Å². The standard InChI is InChI=1S/C13H28N2O/c1-6-11(5)9-15(7-2)13(16)12(14)8-10(3)4/h10-12H,6-9,14H2,1-5H3/t11?,12-/m0/s1. The van der Waals surface area contributed by atoms with Gasteiger partial charge >= 0.3 is 0 Å². The molecule has 1 amide bonds. The maximum absolute atomic E-state index is 12.1. The van der Waals surface area contributed by atoms with Gasteiger partial charge < -0.3 is 10.6 Å². The number of carbonyl (C=O) groups is 1. The van der Waals surface area contributed by atoms with E-state index in [4.69, 9.17) is 5.73 Å². The van der Waals surface area contributed by atoms with Gasteiger partial charge in [0.1, 0.15) is 0 Å². The second kappa shape index (κ2) is 7.66. The third-order valence-corrected chi connectivity index (χ3v) is 2.96. The first kappa shape index (κ1) is 15.4. The molecule has 3 nitrogen and oxygen atoms in total. The molecule has 16 heavy (non-hydrogen) atoms. The van der Waals surface area contributed by atoms with E-state index in [1.807, 2.05) is 11.8 Å². The quantitative estimate of drug-likeness (QED) is 0.726. The van der Waals surface area contributed by atoms with Crippen molar-refractivity contribution in [1.82, 2.24) is 4.90 Å². The van der Waals surface area contributed by atoms with E-state index in [9.17, 15) is 4.79 Å². The van der Waals surface area contributed by atoms with Crippen LogP contribution in [-0.4, -0.2) is 29.9 Å². The molecular formula is C13H28N2O. The Hall–Kier alpha value is -0.570. The zero-order valence-corrected chi connectivity index (χ0v) is 11.5. The van der Waals surface area contributed by atoms with E-state index in [0.29, 0.717) is 11.8 Å². The van der Waals surface area contributed by atoms with Crippen LogP contribution < -0.4 is 5.73 Å². The number of likely N-dealkylation sites (N-methyl/N-ethyl adjacent to an activating group) is 1. The minimum atomic E-state index is -0.330. The highest BCUT2D eigenvalue weighted by atomic mass is 16.2. The molecule has 0 radical (unpaired) electrons. The van der Waals surface area contributed by atoms with Crippen LogP contribution in [0.5, 0.6) is 0 Å². The topological polar surface area (TPSA) is 46.3 Å². The van der Waals surface area contributed by atoms with Gasteiger partial charge in [-0.2, -0.15) is 0 Å². The largest absolute Gasteiger partial charge is 0.341 e. The molecule has 1 unspecified atom stereocenters. The van der Waals surface area contributed by atoms with Crippen molar-refractivity contribution in [2.24, 2.45) is 17.6 Å². The maximum atomic E-state index is 12.1. The lowest BCUT2D eigenvalue weighted by Crippen LogP contribution is -2.45. The van der Waals surface area contributed by atoms with Gasteiger partial charge in [-0.3, -0.25) is 4.79 Å². The van der Waals surface area contributed by atoms with Gasteiger partial charge in [-0.15, -0.1) is 0 Å². The normalized spacial score (nSPS) is 14.9. The molecule has 0 aromatic heterocycles. The molecule has 0 heterocycles. The Bertz CT molecular complexity index is 204. The summed E-state index contributed by atoms with van der Waals surface area (Å²) >= 11 is 0. The minimum Gasteiger partial charge on any atom is -0.341 e. The lowest BCUT2D eigenvalue weighted by Gasteiger charge is -2.27. The van der Waals surface area contributed by atoms with Crippen molar-refractivity contribution in [3.8, 4) is 0 Å². The van der Waals surface area contributed by atoms with E-state index in [2.05, 4.69) is 27.7 Å². The van der Waals surface area contributed by atoms with Crippen LogP contribution in [0.2, 0.25) is 0 Å². The van der Waals surface area contributed by atoms with Crippen LogP contribution in [0.25, 0.3) is 0 Å². The third-order valence-electron chi connectivity index (χ3n) is 2.96. The van der Waals surface area contributed by atoms with Gasteiger partial charge in [-0.25, -0.2) is 0 Å². The maximum Gasteiger partial charge on any atom is 0.239 e. The predicted molar refractivity (Wildman–Crippen MR) is 69.1 cm³/mol. The van der Waals surface area contributed by atoms with Crippen molar-refractivity contribution < 1.29 is 4.79 Å². The van der Waals surface area contributed by atoms with E-state index in [0.717, 1.165) is 25.9 Å². The fourth-order valence-electron chi connectivity index (χ4n) is 1.72. The monoisotopic (exact) mass is 228 g/mol. The number of hydrogen-bond acceptors (Lipinski definition) is 2. The summed E-state index contributed by atoms with van der Waals surface area (Å²) in [6, 6.07) is -0.330. The summed E-state index contributed by atoms with van der Waals surface area (Å²) in [5, 5.41) is 0. The smallest absolute Gasteiger partial charge is 0.239 e. The van der Waals surface area contributed by atoms with Crippen LogP contribution in [0, 0.1) is 11.8 Å². The molecule has 0 bridgehead atoms. The summed E-state index contributed by atoms with van der Waals surface area (Å²) in [7, 11) is 0. The molecule has 0 rings (SSSR count). The molecule has 0 aliphatic rings. The van der Waals surface area contributed by atoms with Gasteiger partial charge in [0.25, 0.3) is 0 Å².